The Balaban J connectivity index is 1.28. The smallest absolute Gasteiger partial charge is 0.244 e. The van der Waals surface area contributed by atoms with E-state index in [1.54, 1.807) is 0 Å². The first-order valence-corrected chi connectivity index (χ1v) is 11.0. The van der Waals surface area contributed by atoms with Gasteiger partial charge in [0.2, 0.25) is 17.6 Å². The molecule has 1 atom stereocenters. The van der Waals surface area contributed by atoms with E-state index in [-0.39, 0.29) is 6.04 Å². The predicted molar refractivity (Wildman–Crippen MR) is 112 cm³/mol. The Hall–Kier alpha value is -2.21. The van der Waals surface area contributed by atoms with Gasteiger partial charge in [-0.25, -0.2) is 0 Å². The highest BCUT2D eigenvalue weighted by atomic mass is 16.5. The fourth-order valence-electron chi connectivity index (χ4n) is 4.52. The summed E-state index contributed by atoms with van der Waals surface area (Å²) < 4.78 is 5.55. The lowest BCUT2D eigenvalue weighted by Gasteiger charge is -2.37. The number of nitrogens with zero attached hydrogens (tertiary/aromatic N) is 4. The Bertz CT molecular complexity index is 803. The lowest BCUT2D eigenvalue weighted by Crippen LogP contribution is -2.49. The zero-order chi connectivity index (χ0) is 20.2. The van der Waals surface area contributed by atoms with Gasteiger partial charge in [-0.2, -0.15) is 4.98 Å². The van der Waals surface area contributed by atoms with Crippen molar-refractivity contribution < 1.29 is 9.32 Å². The molecule has 0 unspecified atom stereocenters. The first-order chi connectivity index (χ1) is 14.1. The highest BCUT2D eigenvalue weighted by Crippen LogP contribution is 2.29. The van der Waals surface area contributed by atoms with Gasteiger partial charge in [0, 0.05) is 38.2 Å². The number of carbonyl (C=O) groups excluding carboxylic acids is 1. The lowest BCUT2D eigenvalue weighted by atomic mass is 10.0. The average Bonchev–Trinajstić information content (AvgIpc) is 3.44. The number of aryl methyl sites for hydroxylation is 1. The van der Waals surface area contributed by atoms with Gasteiger partial charge in [0.1, 0.15) is 0 Å². The van der Waals surface area contributed by atoms with E-state index in [2.05, 4.69) is 41.0 Å². The van der Waals surface area contributed by atoms with Gasteiger partial charge in [0.25, 0.3) is 0 Å². The van der Waals surface area contributed by atoms with E-state index in [1.165, 1.54) is 31.2 Å². The molecule has 29 heavy (non-hydrogen) atoms. The molecule has 0 N–H and O–H groups in total. The normalized spacial score (nSPS) is 19.6. The number of benzene rings is 1. The third-order valence-electron chi connectivity index (χ3n) is 6.56. The summed E-state index contributed by atoms with van der Waals surface area (Å²) in [4.78, 5) is 21.5. The van der Waals surface area contributed by atoms with Gasteiger partial charge in [0.15, 0.2) is 0 Å². The van der Waals surface area contributed by atoms with Crippen LogP contribution in [0.15, 0.2) is 28.8 Å². The van der Waals surface area contributed by atoms with Crippen molar-refractivity contribution in [1.29, 1.82) is 0 Å². The molecule has 2 heterocycles. The van der Waals surface area contributed by atoms with Gasteiger partial charge in [-0.05, 0) is 26.2 Å². The molecule has 2 aromatic rings. The van der Waals surface area contributed by atoms with Crippen molar-refractivity contribution in [2.45, 2.75) is 58.4 Å². The van der Waals surface area contributed by atoms with Crippen LogP contribution in [-0.4, -0.2) is 52.0 Å². The minimum absolute atomic E-state index is 0.0532. The van der Waals surface area contributed by atoms with E-state index in [1.807, 2.05) is 17.0 Å². The van der Waals surface area contributed by atoms with Crippen LogP contribution < -0.4 is 0 Å². The second-order valence-electron chi connectivity index (χ2n) is 8.60. The molecule has 0 radical (unpaired) electrons. The number of amides is 1. The van der Waals surface area contributed by atoms with Gasteiger partial charge in [0.05, 0.1) is 6.04 Å². The largest absolute Gasteiger partial charge is 0.340 e. The summed E-state index contributed by atoms with van der Waals surface area (Å²) in [5.74, 6) is 2.37. The van der Waals surface area contributed by atoms with Crippen molar-refractivity contribution in [3.8, 4) is 11.4 Å². The number of carbonyl (C=O) groups is 1. The van der Waals surface area contributed by atoms with Crippen molar-refractivity contribution in [1.82, 2.24) is 19.9 Å². The fraction of sp³-hybridized carbons (Fsp3) is 0.609. The zero-order valence-corrected chi connectivity index (χ0v) is 17.6. The van der Waals surface area contributed by atoms with Gasteiger partial charge in [-0.3, -0.25) is 9.69 Å². The van der Waals surface area contributed by atoms with Crippen molar-refractivity contribution in [3.05, 3.63) is 35.7 Å². The summed E-state index contributed by atoms with van der Waals surface area (Å²) >= 11 is 0. The lowest BCUT2D eigenvalue weighted by molar-refractivity contribution is -0.133. The maximum absolute atomic E-state index is 12.6. The van der Waals surface area contributed by atoms with Gasteiger partial charge < -0.3 is 9.42 Å². The van der Waals surface area contributed by atoms with Crippen LogP contribution in [0.3, 0.4) is 0 Å². The Kier molecular flexibility index (Phi) is 6.28. The molecule has 1 aromatic carbocycles. The van der Waals surface area contributed by atoms with Crippen LogP contribution in [0.5, 0.6) is 0 Å². The fourth-order valence-corrected chi connectivity index (χ4v) is 4.52. The Morgan fingerprint density at radius 3 is 2.52 bits per heavy atom. The number of piperazine rings is 1. The molecule has 2 fully saturated rings. The van der Waals surface area contributed by atoms with Crippen LogP contribution in [0, 0.1) is 12.8 Å². The number of hydrogen-bond acceptors (Lipinski definition) is 5. The van der Waals surface area contributed by atoms with E-state index in [9.17, 15) is 4.79 Å². The predicted octanol–water partition coefficient (Wildman–Crippen LogP) is 4.22. The summed E-state index contributed by atoms with van der Waals surface area (Å²) in [7, 11) is 0. The molecule has 0 spiro atoms. The van der Waals surface area contributed by atoms with Crippen LogP contribution in [0.1, 0.15) is 62.9 Å². The standard InChI is InChI=1S/C23H32N4O2/c1-17-7-10-20(11-8-17)22-24-23(29-25-22)18(2)26-13-15-27(16-14-26)21(28)12-9-19-5-3-4-6-19/h7-8,10-11,18-19H,3-6,9,12-16H2,1-2H3/t18-/m1/s1. The minimum Gasteiger partial charge on any atom is -0.340 e. The highest BCUT2D eigenvalue weighted by Gasteiger charge is 2.28. The van der Waals surface area contributed by atoms with E-state index < -0.39 is 0 Å². The Morgan fingerprint density at radius 2 is 1.83 bits per heavy atom. The third kappa shape index (κ3) is 4.86. The molecule has 1 saturated carbocycles. The van der Waals surface area contributed by atoms with Crippen LogP contribution in [0.4, 0.5) is 0 Å². The van der Waals surface area contributed by atoms with Gasteiger partial charge in [-0.1, -0.05) is 60.7 Å². The molecule has 1 aliphatic heterocycles. The monoisotopic (exact) mass is 396 g/mol. The maximum Gasteiger partial charge on any atom is 0.244 e. The molecule has 156 valence electrons. The number of hydrogen-bond donors (Lipinski definition) is 0. The zero-order valence-electron chi connectivity index (χ0n) is 17.6. The Labute approximate surface area is 173 Å². The topological polar surface area (TPSA) is 62.5 Å². The van der Waals surface area contributed by atoms with Crippen molar-refractivity contribution in [2.75, 3.05) is 26.2 Å². The van der Waals surface area contributed by atoms with E-state index in [0.717, 1.165) is 44.1 Å². The summed E-state index contributed by atoms with van der Waals surface area (Å²) in [6.07, 6.45) is 7.09. The first kappa shape index (κ1) is 20.1. The molecule has 6 nitrogen and oxygen atoms in total. The maximum atomic E-state index is 12.6. The van der Waals surface area contributed by atoms with Crippen LogP contribution in [-0.2, 0) is 4.79 Å². The first-order valence-electron chi connectivity index (χ1n) is 11.0. The van der Waals surface area contributed by atoms with E-state index >= 15 is 0 Å². The number of rotatable bonds is 6. The summed E-state index contributed by atoms with van der Waals surface area (Å²) in [6, 6.07) is 8.20. The van der Waals surface area contributed by atoms with Crippen molar-refractivity contribution >= 4 is 5.91 Å². The van der Waals surface area contributed by atoms with Crippen LogP contribution in [0.2, 0.25) is 0 Å². The highest BCUT2D eigenvalue weighted by molar-refractivity contribution is 5.76. The number of aromatic nitrogens is 2. The summed E-state index contributed by atoms with van der Waals surface area (Å²) in [5, 5.41) is 4.16. The van der Waals surface area contributed by atoms with Crippen LogP contribution in [0.25, 0.3) is 11.4 Å². The molecule has 4 rings (SSSR count). The summed E-state index contributed by atoms with van der Waals surface area (Å²) in [5.41, 5.74) is 2.18. The average molecular weight is 397 g/mol. The van der Waals surface area contributed by atoms with E-state index in [4.69, 9.17) is 4.52 Å². The molecule has 0 bridgehead atoms. The molecule has 1 aromatic heterocycles. The van der Waals surface area contributed by atoms with Gasteiger partial charge in [-0.15, -0.1) is 0 Å². The quantitative estimate of drug-likeness (QED) is 0.731. The van der Waals surface area contributed by atoms with E-state index in [0.29, 0.717) is 24.0 Å². The molecule has 1 saturated heterocycles. The van der Waals surface area contributed by atoms with Crippen molar-refractivity contribution in [3.63, 3.8) is 0 Å². The summed E-state index contributed by atoms with van der Waals surface area (Å²) in [6.45, 7) is 7.42. The SMILES string of the molecule is Cc1ccc(-c2noc([C@@H](C)N3CCN(C(=O)CCC4CCCC4)CC3)n2)cc1. The molecule has 2 aliphatic rings. The second-order valence-corrected chi connectivity index (χ2v) is 8.60. The van der Waals surface area contributed by atoms with Gasteiger partial charge >= 0.3 is 0 Å². The molecular formula is C23H32N4O2. The van der Waals surface area contributed by atoms with Crippen molar-refractivity contribution in [2.24, 2.45) is 5.92 Å². The molecular weight excluding hydrogens is 364 g/mol. The molecule has 1 aliphatic carbocycles. The van der Waals surface area contributed by atoms with Crippen LogP contribution >= 0.6 is 0 Å². The molecule has 6 heteroatoms. The Morgan fingerprint density at radius 1 is 1.14 bits per heavy atom. The second kappa shape index (κ2) is 9.08. The molecule has 1 amide bonds. The third-order valence-corrected chi connectivity index (χ3v) is 6.56. The minimum atomic E-state index is 0.0532.